The molecule has 0 radical (unpaired) electrons. The minimum atomic E-state index is -0.00810. The van der Waals surface area contributed by atoms with Crippen molar-refractivity contribution in [1.29, 1.82) is 0 Å². The molecule has 2 N–H and O–H groups in total. The largest absolute Gasteiger partial charge is 0.323 e. The van der Waals surface area contributed by atoms with Crippen LogP contribution in [0.1, 0.15) is 11.6 Å². The Kier molecular flexibility index (Phi) is 4.95. The lowest BCUT2D eigenvalue weighted by atomic mass is 10.1. The molecule has 2 aromatic carbocycles. The van der Waals surface area contributed by atoms with Gasteiger partial charge < -0.3 is 5.73 Å². The number of hydrogen-bond donors (Lipinski definition) is 1. The van der Waals surface area contributed by atoms with Crippen molar-refractivity contribution in [2.45, 2.75) is 10.9 Å². The van der Waals surface area contributed by atoms with E-state index in [1.165, 1.54) is 0 Å². The summed E-state index contributed by atoms with van der Waals surface area (Å²) in [5.41, 5.74) is 7.26. The molecular weight excluding hydrogens is 285 g/mol. The molecule has 0 aliphatic rings. The third-order valence-corrected chi connectivity index (χ3v) is 4.39. The highest BCUT2D eigenvalue weighted by Crippen LogP contribution is 2.31. The highest BCUT2D eigenvalue weighted by molar-refractivity contribution is 7.99. The van der Waals surface area contributed by atoms with Gasteiger partial charge in [0.25, 0.3) is 0 Å². The van der Waals surface area contributed by atoms with Crippen LogP contribution >= 0.6 is 35.0 Å². The SMILES string of the molecule is NC(CSc1cc(Cl)ccc1Cl)c1ccccc1. The number of halogens is 2. The Morgan fingerprint density at radius 2 is 1.78 bits per heavy atom. The minimum absolute atomic E-state index is 0.00810. The second-order valence-electron chi connectivity index (χ2n) is 3.90. The Morgan fingerprint density at radius 1 is 1.06 bits per heavy atom. The van der Waals surface area contributed by atoms with E-state index in [0.717, 1.165) is 16.2 Å². The van der Waals surface area contributed by atoms with Gasteiger partial charge in [-0.05, 0) is 23.8 Å². The van der Waals surface area contributed by atoms with Crippen LogP contribution in [0.25, 0.3) is 0 Å². The molecule has 18 heavy (non-hydrogen) atoms. The van der Waals surface area contributed by atoms with Gasteiger partial charge in [-0.1, -0.05) is 53.5 Å². The van der Waals surface area contributed by atoms with Gasteiger partial charge in [0, 0.05) is 21.7 Å². The van der Waals surface area contributed by atoms with Crippen molar-refractivity contribution in [3.05, 3.63) is 64.1 Å². The zero-order chi connectivity index (χ0) is 13.0. The standard InChI is InChI=1S/C14H13Cl2NS/c15-11-6-7-12(16)14(8-11)18-9-13(17)10-4-2-1-3-5-10/h1-8,13H,9,17H2. The maximum Gasteiger partial charge on any atom is 0.0542 e. The van der Waals surface area contributed by atoms with Crippen molar-refractivity contribution in [3.63, 3.8) is 0 Å². The van der Waals surface area contributed by atoms with Crippen molar-refractivity contribution in [2.24, 2.45) is 5.73 Å². The average Bonchev–Trinajstić information content (AvgIpc) is 2.40. The molecule has 94 valence electrons. The van der Waals surface area contributed by atoms with Crippen molar-refractivity contribution >= 4 is 35.0 Å². The molecular formula is C14H13Cl2NS. The Morgan fingerprint density at radius 3 is 2.50 bits per heavy atom. The number of rotatable bonds is 4. The van der Waals surface area contributed by atoms with Crippen molar-refractivity contribution in [2.75, 3.05) is 5.75 Å². The minimum Gasteiger partial charge on any atom is -0.323 e. The van der Waals surface area contributed by atoms with Gasteiger partial charge >= 0.3 is 0 Å². The summed E-state index contributed by atoms with van der Waals surface area (Å²) in [6.45, 7) is 0. The summed E-state index contributed by atoms with van der Waals surface area (Å²) in [4.78, 5) is 0.968. The van der Waals surface area contributed by atoms with Crippen LogP contribution in [0.4, 0.5) is 0 Å². The van der Waals surface area contributed by atoms with E-state index in [9.17, 15) is 0 Å². The van der Waals surface area contributed by atoms with E-state index in [4.69, 9.17) is 28.9 Å². The summed E-state index contributed by atoms with van der Waals surface area (Å²) in [5, 5.41) is 1.40. The molecule has 1 nitrogen and oxygen atoms in total. The van der Waals surface area contributed by atoms with Gasteiger partial charge in [-0.15, -0.1) is 11.8 Å². The van der Waals surface area contributed by atoms with Crippen LogP contribution in [-0.4, -0.2) is 5.75 Å². The zero-order valence-corrected chi connectivity index (χ0v) is 12.0. The molecule has 0 bridgehead atoms. The number of nitrogens with two attached hydrogens (primary N) is 1. The van der Waals surface area contributed by atoms with Gasteiger partial charge in [0.2, 0.25) is 0 Å². The maximum atomic E-state index is 6.13. The lowest BCUT2D eigenvalue weighted by molar-refractivity contribution is 0.831. The van der Waals surface area contributed by atoms with Crippen molar-refractivity contribution in [1.82, 2.24) is 0 Å². The van der Waals surface area contributed by atoms with Gasteiger partial charge in [-0.2, -0.15) is 0 Å². The average molecular weight is 298 g/mol. The Balaban J connectivity index is 2.01. The van der Waals surface area contributed by atoms with E-state index in [1.54, 1.807) is 23.9 Å². The lowest BCUT2D eigenvalue weighted by Crippen LogP contribution is -2.12. The van der Waals surface area contributed by atoms with Crippen LogP contribution in [0.2, 0.25) is 10.0 Å². The second kappa shape index (κ2) is 6.48. The molecule has 0 heterocycles. The van der Waals surface area contributed by atoms with Crippen LogP contribution in [-0.2, 0) is 0 Å². The predicted octanol–water partition coefficient (Wildman–Crippen LogP) is 4.79. The van der Waals surface area contributed by atoms with Crippen LogP contribution < -0.4 is 5.73 Å². The molecule has 2 aromatic rings. The first-order valence-electron chi connectivity index (χ1n) is 5.55. The van der Waals surface area contributed by atoms with Gasteiger partial charge in [0.05, 0.1) is 5.02 Å². The molecule has 0 fully saturated rings. The van der Waals surface area contributed by atoms with E-state index in [-0.39, 0.29) is 6.04 Å². The first-order valence-corrected chi connectivity index (χ1v) is 7.29. The van der Waals surface area contributed by atoms with E-state index >= 15 is 0 Å². The normalized spacial score (nSPS) is 12.4. The summed E-state index contributed by atoms with van der Waals surface area (Å²) in [7, 11) is 0. The quantitative estimate of drug-likeness (QED) is 0.822. The van der Waals surface area contributed by atoms with E-state index in [1.807, 2.05) is 36.4 Å². The number of hydrogen-bond acceptors (Lipinski definition) is 2. The molecule has 0 spiro atoms. The van der Waals surface area contributed by atoms with E-state index in [2.05, 4.69) is 0 Å². The molecule has 1 unspecified atom stereocenters. The summed E-state index contributed by atoms with van der Waals surface area (Å²) in [5.74, 6) is 0.768. The van der Waals surface area contributed by atoms with Crippen molar-refractivity contribution in [3.8, 4) is 0 Å². The molecule has 4 heteroatoms. The van der Waals surface area contributed by atoms with Gasteiger partial charge in [0.15, 0.2) is 0 Å². The number of benzene rings is 2. The number of thioether (sulfide) groups is 1. The topological polar surface area (TPSA) is 26.0 Å². The highest BCUT2D eigenvalue weighted by atomic mass is 35.5. The molecule has 0 aromatic heterocycles. The highest BCUT2D eigenvalue weighted by Gasteiger charge is 2.08. The van der Waals surface area contributed by atoms with Crippen LogP contribution in [0.5, 0.6) is 0 Å². The summed E-state index contributed by atoms with van der Waals surface area (Å²) in [6, 6.07) is 15.5. The third kappa shape index (κ3) is 3.66. The summed E-state index contributed by atoms with van der Waals surface area (Å²) in [6.07, 6.45) is 0. The smallest absolute Gasteiger partial charge is 0.0542 e. The Hall–Kier alpha value is -0.670. The molecule has 0 amide bonds. The van der Waals surface area contributed by atoms with Gasteiger partial charge in [0.1, 0.15) is 0 Å². The fraction of sp³-hybridized carbons (Fsp3) is 0.143. The van der Waals surface area contributed by atoms with Crippen molar-refractivity contribution < 1.29 is 0 Å². The molecule has 0 aliphatic carbocycles. The lowest BCUT2D eigenvalue weighted by Gasteiger charge is -2.12. The Labute approximate surface area is 121 Å². The summed E-state index contributed by atoms with van der Waals surface area (Å²) >= 11 is 13.7. The fourth-order valence-corrected chi connectivity index (χ4v) is 3.05. The molecule has 2 rings (SSSR count). The van der Waals surface area contributed by atoms with Crippen LogP contribution in [0.3, 0.4) is 0 Å². The monoisotopic (exact) mass is 297 g/mol. The van der Waals surface area contributed by atoms with Crippen LogP contribution in [0, 0.1) is 0 Å². The maximum absolute atomic E-state index is 6.13. The molecule has 0 saturated heterocycles. The van der Waals surface area contributed by atoms with E-state index in [0.29, 0.717) is 10.0 Å². The predicted molar refractivity (Wildman–Crippen MR) is 80.6 cm³/mol. The van der Waals surface area contributed by atoms with E-state index < -0.39 is 0 Å². The second-order valence-corrected chi connectivity index (χ2v) is 5.81. The molecule has 0 saturated carbocycles. The molecule has 0 aliphatic heterocycles. The fourth-order valence-electron chi connectivity index (χ4n) is 1.56. The third-order valence-electron chi connectivity index (χ3n) is 2.54. The van der Waals surface area contributed by atoms with Crippen LogP contribution in [0.15, 0.2) is 53.4 Å². The summed E-state index contributed by atoms with van der Waals surface area (Å²) < 4.78 is 0. The first-order chi connectivity index (χ1) is 8.66. The Bertz CT molecular complexity index is 516. The zero-order valence-electron chi connectivity index (χ0n) is 9.64. The first kappa shape index (κ1) is 13.8. The molecule has 1 atom stereocenters. The van der Waals surface area contributed by atoms with Gasteiger partial charge in [-0.3, -0.25) is 0 Å². The van der Waals surface area contributed by atoms with Gasteiger partial charge in [-0.25, -0.2) is 0 Å².